The molecule has 4 aliphatic carbocycles. The Labute approximate surface area is 161 Å². The van der Waals surface area contributed by atoms with Crippen molar-refractivity contribution in [1.82, 2.24) is 0 Å². The van der Waals surface area contributed by atoms with Crippen LogP contribution in [0.3, 0.4) is 0 Å². The normalized spacial score (nSPS) is 42.5. The Balaban J connectivity index is 1.35. The molecule has 0 aliphatic heterocycles. The summed E-state index contributed by atoms with van der Waals surface area (Å²) in [5, 5.41) is 0. The molecule has 0 spiro atoms. The quantitative estimate of drug-likeness (QED) is 0.476. The fourth-order valence-electron chi connectivity index (χ4n) is 7.10. The minimum absolute atomic E-state index is 0.793. The van der Waals surface area contributed by atoms with Crippen molar-refractivity contribution in [2.45, 2.75) is 63.1 Å². The monoisotopic (exact) mass is 398 g/mol. The zero-order valence-electron chi connectivity index (χ0n) is 15.5. The van der Waals surface area contributed by atoms with Gasteiger partial charge in [0.25, 0.3) is 0 Å². The molecule has 1 aromatic carbocycles. The standard InChI is InChI=1S/C24H31Br/c1-15-10-22-19-8-4-5-9-20(19)24(25)14-23(22)21(15)13-16-11-17-6-2-3-7-18(17)12-16/h2-3,6-7,11,15,19-24H,4-5,8-10,12-14H2,1H3. The van der Waals surface area contributed by atoms with E-state index in [4.69, 9.17) is 0 Å². The van der Waals surface area contributed by atoms with Crippen LogP contribution in [-0.4, -0.2) is 4.83 Å². The third-order valence-corrected chi connectivity index (χ3v) is 9.24. The van der Waals surface area contributed by atoms with Crippen molar-refractivity contribution in [3.8, 4) is 0 Å². The first-order valence-corrected chi connectivity index (χ1v) is 11.5. The lowest BCUT2D eigenvalue weighted by Gasteiger charge is -2.47. The van der Waals surface area contributed by atoms with E-state index in [-0.39, 0.29) is 0 Å². The Bertz CT molecular complexity index is 674. The van der Waals surface area contributed by atoms with Crippen molar-refractivity contribution in [2.24, 2.45) is 35.5 Å². The average Bonchev–Trinajstić information content (AvgIpc) is 3.17. The summed E-state index contributed by atoms with van der Waals surface area (Å²) in [5.74, 6) is 5.86. The summed E-state index contributed by atoms with van der Waals surface area (Å²) >= 11 is 4.14. The van der Waals surface area contributed by atoms with Crippen LogP contribution in [0.25, 0.3) is 6.08 Å². The highest BCUT2D eigenvalue weighted by atomic mass is 79.9. The summed E-state index contributed by atoms with van der Waals surface area (Å²) in [6, 6.07) is 9.00. The van der Waals surface area contributed by atoms with Gasteiger partial charge in [-0.25, -0.2) is 0 Å². The maximum absolute atomic E-state index is 4.14. The van der Waals surface area contributed by atoms with Gasteiger partial charge < -0.3 is 0 Å². The molecule has 0 heterocycles. The van der Waals surface area contributed by atoms with E-state index in [0.717, 1.165) is 40.3 Å². The van der Waals surface area contributed by atoms with Crippen LogP contribution >= 0.6 is 15.9 Å². The van der Waals surface area contributed by atoms with Gasteiger partial charge in [0.05, 0.1) is 0 Å². The minimum atomic E-state index is 0.793. The van der Waals surface area contributed by atoms with E-state index in [1.54, 1.807) is 11.1 Å². The predicted molar refractivity (Wildman–Crippen MR) is 110 cm³/mol. The second-order valence-electron chi connectivity index (χ2n) is 9.45. The van der Waals surface area contributed by atoms with Crippen LogP contribution in [0.2, 0.25) is 0 Å². The molecule has 7 atom stereocenters. The summed E-state index contributed by atoms with van der Waals surface area (Å²) in [7, 11) is 0. The Morgan fingerprint density at radius 2 is 1.76 bits per heavy atom. The molecule has 5 rings (SSSR count). The maximum atomic E-state index is 4.14. The lowest BCUT2D eigenvalue weighted by molar-refractivity contribution is 0.0663. The first kappa shape index (κ1) is 16.6. The molecule has 0 amide bonds. The molecule has 3 fully saturated rings. The molecule has 25 heavy (non-hydrogen) atoms. The van der Waals surface area contributed by atoms with Crippen LogP contribution in [0.4, 0.5) is 0 Å². The van der Waals surface area contributed by atoms with Crippen molar-refractivity contribution in [1.29, 1.82) is 0 Å². The summed E-state index contributed by atoms with van der Waals surface area (Å²) < 4.78 is 0. The first-order chi connectivity index (χ1) is 12.2. The van der Waals surface area contributed by atoms with Gasteiger partial charge in [0.2, 0.25) is 0 Å². The number of alkyl halides is 1. The Kier molecular flexibility index (Phi) is 4.35. The zero-order valence-corrected chi connectivity index (χ0v) is 17.0. The fraction of sp³-hybridized carbons (Fsp3) is 0.667. The number of fused-ring (bicyclic) bond motifs is 4. The van der Waals surface area contributed by atoms with E-state index < -0.39 is 0 Å². The number of allylic oxidation sites excluding steroid dienone is 1. The van der Waals surface area contributed by atoms with Gasteiger partial charge in [-0.3, -0.25) is 0 Å². The molecule has 0 N–H and O–H groups in total. The molecule has 0 saturated heterocycles. The van der Waals surface area contributed by atoms with Crippen LogP contribution < -0.4 is 0 Å². The van der Waals surface area contributed by atoms with Crippen molar-refractivity contribution in [2.75, 3.05) is 0 Å². The van der Waals surface area contributed by atoms with E-state index in [0.29, 0.717) is 0 Å². The minimum Gasteiger partial charge on any atom is -0.0887 e. The van der Waals surface area contributed by atoms with Gasteiger partial charge in [0.1, 0.15) is 0 Å². The zero-order chi connectivity index (χ0) is 17.0. The van der Waals surface area contributed by atoms with Gasteiger partial charge in [-0.1, -0.05) is 71.6 Å². The highest BCUT2D eigenvalue weighted by Crippen LogP contribution is 2.59. The summed E-state index contributed by atoms with van der Waals surface area (Å²) in [6.07, 6.45) is 14.0. The van der Waals surface area contributed by atoms with E-state index in [2.05, 4.69) is 53.2 Å². The van der Waals surface area contributed by atoms with Crippen LogP contribution in [0, 0.1) is 35.5 Å². The highest BCUT2D eigenvalue weighted by molar-refractivity contribution is 9.09. The van der Waals surface area contributed by atoms with E-state index >= 15 is 0 Å². The Morgan fingerprint density at radius 3 is 2.60 bits per heavy atom. The molecular weight excluding hydrogens is 368 g/mol. The molecule has 7 unspecified atom stereocenters. The number of halogens is 1. The van der Waals surface area contributed by atoms with E-state index in [1.165, 1.54) is 56.9 Å². The third kappa shape index (κ3) is 2.85. The summed E-state index contributed by atoms with van der Waals surface area (Å²) in [6.45, 7) is 2.56. The van der Waals surface area contributed by atoms with Gasteiger partial charge in [-0.05, 0) is 85.2 Å². The van der Waals surface area contributed by atoms with Gasteiger partial charge in [-0.15, -0.1) is 0 Å². The molecule has 3 saturated carbocycles. The molecule has 0 bridgehead atoms. The van der Waals surface area contributed by atoms with Gasteiger partial charge in [0, 0.05) is 4.83 Å². The molecule has 0 aromatic heterocycles. The third-order valence-electron chi connectivity index (χ3n) is 8.19. The van der Waals surface area contributed by atoms with Crippen LogP contribution in [-0.2, 0) is 6.42 Å². The molecule has 4 aliphatic rings. The summed E-state index contributed by atoms with van der Waals surface area (Å²) in [4.78, 5) is 0.793. The average molecular weight is 399 g/mol. The SMILES string of the molecule is CC1CC2C(CC(Br)C3CCCCC32)C1CC1=Cc2ccccc2C1. The lowest BCUT2D eigenvalue weighted by atomic mass is 9.61. The fourth-order valence-corrected chi connectivity index (χ4v) is 8.19. The van der Waals surface area contributed by atoms with Gasteiger partial charge in [-0.2, -0.15) is 0 Å². The van der Waals surface area contributed by atoms with Crippen LogP contribution in [0.1, 0.15) is 63.0 Å². The molecule has 1 aromatic rings. The van der Waals surface area contributed by atoms with E-state index in [1.807, 2.05) is 0 Å². The molecular formula is C24H31Br. The second kappa shape index (κ2) is 6.55. The Morgan fingerprint density at radius 1 is 0.960 bits per heavy atom. The van der Waals surface area contributed by atoms with Crippen LogP contribution in [0.15, 0.2) is 29.8 Å². The first-order valence-electron chi connectivity index (χ1n) is 10.6. The smallest absolute Gasteiger partial charge is 0.0179 e. The highest BCUT2D eigenvalue weighted by Gasteiger charge is 2.51. The predicted octanol–water partition coefficient (Wildman–Crippen LogP) is 6.88. The van der Waals surface area contributed by atoms with Crippen molar-refractivity contribution < 1.29 is 0 Å². The number of benzene rings is 1. The maximum Gasteiger partial charge on any atom is 0.0179 e. The van der Waals surface area contributed by atoms with E-state index in [9.17, 15) is 0 Å². The summed E-state index contributed by atoms with van der Waals surface area (Å²) in [5.41, 5.74) is 4.73. The number of hydrogen-bond acceptors (Lipinski definition) is 0. The second-order valence-corrected chi connectivity index (χ2v) is 10.6. The molecule has 134 valence electrons. The lowest BCUT2D eigenvalue weighted by Crippen LogP contribution is -2.41. The molecule has 1 heteroatoms. The van der Waals surface area contributed by atoms with Crippen molar-refractivity contribution in [3.05, 3.63) is 41.0 Å². The van der Waals surface area contributed by atoms with Crippen molar-refractivity contribution >= 4 is 22.0 Å². The number of rotatable bonds is 2. The molecule has 0 nitrogen and oxygen atoms in total. The van der Waals surface area contributed by atoms with Gasteiger partial charge in [0.15, 0.2) is 0 Å². The Hall–Kier alpha value is -0.560. The largest absolute Gasteiger partial charge is 0.0887 e. The van der Waals surface area contributed by atoms with Crippen LogP contribution in [0.5, 0.6) is 0 Å². The van der Waals surface area contributed by atoms with Gasteiger partial charge >= 0.3 is 0 Å². The molecule has 0 radical (unpaired) electrons. The van der Waals surface area contributed by atoms with Crippen molar-refractivity contribution in [3.63, 3.8) is 0 Å². The number of hydrogen-bond donors (Lipinski definition) is 0. The topological polar surface area (TPSA) is 0 Å².